The minimum Gasteiger partial charge on any atom is -0.333 e. The predicted octanol–water partition coefficient (Wildman–Crippen LogP) is 3.36. The van der Waals surface area contributed by atoms with E-state index < -0.39 is 0 Å². The average Bonchev–Trinajstić information content (AvgIpc) is 2.62. The van der Waals surface area contributed by atoms with Gasteiger partial charge in [0.1, 0.15) is 0 Å². The van der Waals surface area contributed by atoms with Crippen LogP contribution in [0.5, 0.6) is 0 Å². The minimum atomic E-state index is -0.182. The summed E-state index contributed by atoms with van der Waals surface area (Å²) in [6.07, 6.45) is 2.50. The van der Waals surface area contributed by atoms with Crippen LogP contribution in [0.15, 0.2) is 53.7 Å². The van der Waals surface area contributed by atoms with Gasteiger partial charge in [0.25, 0.3) is 0 Å². The molecule has 0 spiro atoms. The van der Waals surface area contributed by atoms with E-state index in [-0.39, 0.29) is 24.1 Å². The molecular formula is C19H23N3O2S. The molecule has 132 valence electrons. The van der Waals surface area contributed by atoms with E-state index >= 15 is 0 Å². The highest BCUT2D eigenvalue weighted by Crippen LogP contribution is 2.15. The van der Waals surface area contributed by atoms with Crippen LogP contribution >= 0.6 is 11.8 Å². The monoisotopic (exact) mass is 357 g/mol. The van der Waals surface area contributed by atoms with Gasteiger partial charge < -0.3 is 10.2 Å². The summed E-state index contributed by atoms with van der Waals surface area (Å²) in [7, 11) is 0. The number of aryl methyl sites for hydroxylation is 1. The molecule has 0 aliphatic heterocycles. The van der Waals surface area contributed by atoms with E-state index in [1.54, 1.807) is 11.1 Å². The van der Waals surface area contributed by atoms with Crippen molar-refractivity contribution in [3.63, 3.8) is 0 Å². The number of thioether (sulfide) groups is 1. The Morgan fingerprint density at radius 2 is 1.92 bits per heavy atom. The molecular weight excluding hydrogens is 334 g/mol. The van der Waals surface area contributed by atoms with E-state index in [1.807, 2.05) is 56.3 Å². The summed E-state index contributed by atoms with van der Waals surface area (Å²) in [6, 6.07) is 13.2. The zero-order valence-electron chi connectivity index (χ0n) is 14.6. The molecule has 1 heterocycles. The number of carbonyl (C=O) groups is 2. The van der Waals surface area contributed by atoms with Crippen molar-refractivity contribution in [3.8, 4) is 0 Å². The average molecular weight is 357 g/mol. The van der Waals surface area contributed by atoms with Crippen LogP contribution in [0.1, 0.15) is 18.9 Å². The highest BCUT2D eigenvalue weighted by molar-refractivity contribution is 7.99. The lowest BCUT2D eigenvalue weighted by molar-refractivity contribution is -0.132. The zero-order chi connectivity index (χ0) is 18.1. The Balaban J connectivity index is 1.91. The summed E-state index contributed by atoms with van der Waals surface area (Å²) in [5.41, 5.74) is 1.77. The molecule has 1 aromatic carbocycles. The number of anilines is 1. The molecule has 2 amide bonds. The van der Waals surface area contributed by atoms with Crippen molar-refractivity contribution in [2.75, 3.05) is 24.2 Å². The molecule has 0 saturated heterocycles. The third-order valence-electron chi connectivity index (χ3n) is 3.58. The van der Waals surface area contributed by atoms with Crippen molar-refractivity contribution in [1.82, 2.24) is 9.88 Å². The summed E-state index contributed by atoms with van der Waals surface area (Å²) in [6.45, 7) is 4.55. The van der Waals surface area contributed by atoms with E-state index in [2.05, 4.69) is 10.3 Å². The fourth-order valence-electron chi connectivity index (χ4n) is 2.30. The first-order valence-corrected chi connectivity index (χ1v) is 9.25. The van der Waals surface area contributed by atoms with E-state index in [9.17, 15) is 9.59 Å². The first-order chi connectivity index (χ1) is 12.1. The molecule has 0 bridgehead atoms. The number of hydrogen-bond donors (Lipinski definition) is 1. The van der Waals surface area contributed by atoms with E-state index in [4.69, 9.17) is 0 Å². The first-order valence-electron chi connectivity index (χ1n) is 8.27. The minimum absolute atomic E-state index is 0.0579. The van der Waals surface area contributed by atoms with Crippen molar-refractivity contribution < 1.29 is 9.59 Å². The predicted molar refractivity (Wildman–Crippen MR) is 102 cm³/mol. The number of pyridine rings is 1. The fourth-order valence-corrected chi connectivity index (χ4v) is 3.06. The summed E-state index contributed by atoms with van der Waals surface area (Å²) in [5.74, 6) is 0.0330. The Labute approximate surface area is 152 Å². The second-order valence-corrected chi connectivity index (χ2v) is 6.63. The van der Waals surface area contributed by atoms with Gasteiger partial charge >= 0.3 is 0 Å². The Bertz CT molecular complexity index is 707. The van der Waals surface area contributed by atoms with Crippen molar-refractivity contribution in [3.05, 3.63) is 54.2 Å². The quantitative estimate of drug-likeness (QED) is 0.736. The van der Waals surface area contributed by atoms with Gasteiger partial charge in [0.05, 0.1) is 17.3 Å². The molecule has 0 unspecified atom stereocenters. The van der Waals surface area contributed by atoms with Crippen LogP contribution in [-0.2, 0) is 9.59 Å². The Morgan fingerprint density at radius 3 is 2.60 bits per heavy atom. The number of para-hydroxylation sites is 1. The van der Waals surface area contributed by atoms with Gasteiger partial charge in [-0.3, -0.25) is 9.59 Å². The lowest BCUT2D eigenvalue weighted by Crippen LogP contribution is -2.39. The standard InChI is InChI=1S/C19H23N3O2S/c1-3-12-22(19(24)14-25-18-10-6-7-11-20-18)13-17(23)21-16-9-5-4-8-15(16)2/h4-11H,3,12-14H2,1-2H3,(H,21,23). The molecule has 0 saturated carbocycles. The highest BCUT2D eigenvalue weighted by atomic mass is 32.2. The number of nitrogens with zero attached hydrogens (tertiary/aromatic N) is 2. The summed E-state index contributed by atoms with van der Waals surface area (Å²) in [4.78, 5) is 30.6. The van der Waals surface area contributed by atoms with E-state index in [0.29, 0.717) is 6.54 Å². The van der Waals surface area contributed by atoms with Gasteiger partial charge in [-0.2, -0.15) is 0 Å². The molecule has 25 heavy (non-hydrogen) atoms. The molecule has 1 aromatic heterocycles. The molecule has 2 rings (SSSR count). The summed E-state index contributed by atoms with van der Waals surface area (Å²) < 4.78 is 0. The maximum Gasteiger partial charge on any atom is 0.244 e. The Hall–Kier alpha value is -2.34. The van der Waals surface area contributed by atoms with E-state index in [0.717, 1.165) is 22.7 Å². The topological polar surface area (TPSA) is 62.3 Å². The van der Waals surface area contributed by atoms with Gasteiger partial charge in [0.15, 0.2) is 0 Å². The zero-order valence-corrected chi connectivity index (χ0v) is 15.4. The maximum atomic E-state index is 12.5. The smallest absolute Gasteiger partial charge is 0.244 e. The van der Waals surface area contributed by atoms with Gasteiger partial charge in [-0.1, -0.05) is 43.0 Å². The maximum absolute atomic E-state index is 12.5. The van der Waals surface area contributed by atoms with Crippen LogP contribution in [-0.4, -0.2) is 40.5 Å². The van der Waals surface area contributed by atoms with Crippen LogP contribution in [0.4, 0.5) is 5.69 Å². The number of hydrogen-bond acceptors (Lipinski definition) is 4. The Kier molecular flexibility index (Phi) is 7.47. The van der Waals surface area contributed by atoms with Gasteiger partial charge in [-0.15, -0.1) is 0 Å². The third kappa shape index (κ3) is 6.23. The van der Waals surface area contributed by atoms with Crippen LogP contribution in [0.2, 0.25) is 0 Å². The molecule has 0 atom stereocenters. The molecule has 0 aliphatic rings. The van der Waals surface area contributed by atoms with Gasteiger partial charge in [-0.25, -0.2) is 4.98 Å². The van der Waals surface area contributed by atoms with Crippen molar-refractivity contribution in [2.45, 2.75) is 25.3 Å². The lowest BCUT2D eigenvalue weighted by Gasteiger charge is -2.21. The van der Waals surface area contributed by atoms with Crippen LogP contribution < -0.4 is 5.32 Å². The summed E-state index contributed by atoms with van der Waals surface area (Å²) in [5, 5.41) is 3.68. The Morgan fingerprint density at radius 1 is 1.16 bits per heavy atom. The number of rotatable bonds is 8. The molecule has 1 N–H and O–H groups in total. The second kappa shape index (κ2) is 9.84. The van der Waals surface area contributed by atoms with Crippen molar-refractivity contribution in [1.29, 1.82) is 0 Å². The molecule has 0 fully saturated rings. The second-order valence-electron chi connectivity index (χ2n) is 5.64. The van der Waals surface area contributed by atoms with Crippen LogP contribution in [0.25, 0.3) is 0 Å². The van der Waals surface area contributed by atoms with Crippen molar-refractivity contribution in [2.24, 2.45) is 0 Å². The van der Waals surface area contributed by atoms with Gasteiger partial charge in [0.2, 0.25) is 11.8 Å². The molecule has 0 aliphatic carbocycles. The molecule has 6 heteroatoms. The van der Waals surface area contributed by atoms with Gasteiger partial charge in [-0.05, 0) is 37.1 Å². The number of carbonyl (C=O) groups excluding carboxylic acids is 2. The summed E-state index contributed by atoms with van der Waals surface area (Å²) >= 11 is 1.38. The lowest BCUT2D eigenvalue weighted by atomic mass is 10.2. The number of benzene rings is 1. The van der Waals surface area contributed by atoms with Crippen LogP contribution in [0, 0.1) is 6.92 Å². The van der Waals surface area contributed by atoms with E-state index in [1.165, 1.54) is 11.8 Å². The largest absolute Gasteiger partial charge is 0.333 e. The number of aromatic nitrogens is 1. The highest BCUT2D eigenvalue weighted by Gasteiger charge is 2.17. The number of amides is 2. The molecule has 2 aromatic rings. The van der Waals surface area contributed by atoms with Crippen molar-refractivity contribution >= 4 is 29.3 Å². The third-order valence-corrected chi connectivity index (χ3v) is 4.51. The van der Waals surface area contributed by atoms with Crippen LogP contribution in [0.3, 0.4) is 0 Å². The molecule has 5 nitrogen and oxygen atoms in total. The fraction of sp³-hybridized carbons (Fsp3) is 0.316. The number of nitrogens with one attached hydrogen (secondary N) is 1. The van der Waals surface area contributed by atoms with Gasteiger partial charge in [0, 0.05) is 18.4 Å². The first kappa shape index (κ1) is 19.0. The normalized spacial score (nSPS) is 10.3. The SMILES string of the molecule is CCCN(CC(=O)Nc1ccccc1C)C(=O)CSc1ccccn1. The molecule has 0 radical (unpaired) electrons.